The Kier molecular flexibility index (Phi) is 7.66. The largest absolute Gasteiger partial charge is 0.351 e. The van der Waals surface area contributed by atoms with Gasteiger partial charge in [-0.15, -0.1) is 0 Å². The van der Waals surface area contributed by atoms with Crippen molar-refractivity contribution >= 4 is 27.6 Å². The number of benzene rings is 1. The summed E-state index contributed by atoms with van der Waals surface area (Å²) in [6.07, 6.45) is 6.20. The molecule has 1 fully saturated rings. The van der Waals surface area contributed by atoms with E-state index >= 15 is 0 Å². The zero-order valence-corrected chi connectivity index (χ0v) is 21.1. The summed E-state index contributed by atoms with van der Waals surface area (Å²) in [6.45, 7) is 3.27. The second kappa shape index (κ2) is 10.7. The van der Waals surface area contributed by atoms with Crippen LogP contribution < -0.4 is 10.6 Å². The van der Waals surface area contributed by atoms with Gasteiger partial charge in [0, 0.05) is 37.4 Å². The maximum Gasteiger partial charge on any atom is 0.223 e. The summed E-state index contributed by atoms with van der Waals surface area (Å²) in [5.41, 5.74) is 3.23. The summed E-state index contributed by atoms with van der Waals surface area (Å²) in [4.78, 5) is 8.88. The van der Waals surface area contributed by atoms with Crippen molar-refractivity contribution in [2.45, 2.75) is 32.4 Å². The molecule has 35 heavy (non-hydrogen) atoms. The molecule has 0 atom stereocenters. The monoisotopic (exact) mass is 514 g/mol. The third kappa shape index (κ3) is 5.62. The lowest BCUT2D eigenvalue weighted by Gasteiger charge is -2.31. The zero-order valence-electron chi connectivity index (χ0n) is 19.6. The minimum Gasteiger partial charge on any atom is -0.351 e. The van der Waals surface area contributed by atoms with Crippen LogP contribution in [0, 0.1) is 11.3 Å². The van der Waals surface area contributed by atoms with E-state index in [1.807, 2.05) is 25.2 Å². The topological polar surface area (TPSA) is 129 Å². The van der Waals surface area contributed by atoms with Crippen LogP contribution in [0.2, 0.25) is 5.02 Å². The highest BCUT2D eigenvalue weighted by molar-refractivity contribution is 7.89. The third-order valence-electron chi connectivity index (χ3n) is 5.95. The molecule has 0 unspecified atom stereocenters. The summed E-state index contributed by atoms with van der Waals surface area (Å²) < 4.78 is 27.4. The van der Waals surface area contributed by atoms with Crippen molar-refractivity contribution in [2.75, 3.05) is 31.2 Å². The Balaban J connectivity index is 1.53. The fraction of sp³-hybridized carbons (Fsp3) is 0.391. The lowest BCUT2D eigenvalue weighted by molar-refractivity contribution is 0.329. The van der Waals surface area contributed by atoms with Crippen LogP contribution in [0.3, 0.4) is 0 Å². The van der Waals surface area contributed by atoms with Crippen LogP contribution in [0.1, 0.15) is 30.9 Å². The molecule has 1 saturated heterocycles. The molecule has 1 aliphatic rings. The number of nitriles is 1. The standard InChI is InChI=1S/C23H27ClN8O2S/c1-3-35(33,34)31-8-6-19(7-9-31)29-23-27-13-17(11-25)22(30-23)18-14-28-32(15-18)21-5-4-16(12-26-2)10-20(21)24/h4-5,10,13-15,19,26H,3,6-9,12H2,1-2H3,(H,27,29,30). The van der Waals surface area contributed by atoms with E-state index in [0.29, 0.717) is 60.3 Å². The molecule has 0 bridgehead atoms. The lowest BCUT2D eigenvalue weighted by Crippen LogP contribution is -2.43. The van der Waals surface area contributed by atoms with Crippen molar-refractivity contribution < 1.29 is 8.42 Å². The molecule has 2 aromatic heterocycles. The molecule has 12 heteroatoms. The number of nitrogens with one attached hydrogen (secondary N) is 2. The Labute approximate surface area is 210 Å². The Hall–Kier alpha value is -3.04. The maximum atomic E-state index is 12.1. The number of hydrogen-bond donors (Lipinski definition) is 2. The van der Waals surface area contributed by atoms with Crippen molar-refractivity contribution in [3.05, 3.63) is 52.9 Å². The molecule has 0 amide bonds. The number of anilines is 1. The smallest absolute Gasteiger partial charge is 0.223 e. The number of aromatic nitrogens is 4. The second-order valence-corrected chi connectivity index (χ2v) is 10.9. The van der Waals surface area contributed by atoms with Gasteiger partial charge in [-0.25, -0.2) is 27.4 Å². The molecule has 4 rings (SSSR count). The van der Waals surface area contributed by atoms with Crippen LogP contribution in [0.15, 0.2) is 36.8 Å². The minimum atomic E-state index is -3.18. The van der Waals surface area contributed by atoms with Gasteiger partial charge in [-0.2, -0.15) is 10.4 Å². The van der Waals surface area contributed by atoms with Crippen LogP contribution in [0.5, 0.6) is 0 Å². The molecule has 2 N–H and O–H groups in total. The van der Waals surface area contributed by atoms with Gasteiger partial charge in [0.25, 0.3) is 0 Å². The molecule has 0 radical (unpaired) electrons. The molecule has 1 aliphatic heterocycles. The number of halogens is 1. The highest BCUT2D eigenvalue weighted by Crippen LogP contribution is 2.27. The quantitative estimate of drug-likeness (QED) is 0.469. The van der Waals surface area contributed by atoms with Gasteiger partial charge in [0.05, 0.1) is 40.1 Å². The van der Waals surface area contributed by atoms with Gasteiger partial charge in [0.15, 0.2) is 0 Å². The molecular formula is C23H27ClN8O2S. The summed E-state index contributed by atoms with van der Waals surface area (Å²) >= 11 is 6.48. The predicted molar refractivity (Wildman–Crippen MR) is 135 cm³/mol. The lowest BCUT2D eigenvalue weighted by atomic mass is 10.1. The van der Waals surface area contributed by atoms with Crippen LogP contribution in [-0.2, 0) is 16.6 Å². The van der Waals surface area contributed by atoms with E-state index in [9.17, 15) is 13.7 Å². The van der Waals surface area contributed by atoms with E-state index < -0.39 is 10.0 Å². The van der Waals surface area contributed by atoms with Crippen molar-refractivity contribution in [1.82, 2.24) is 29.4 Å². The molecule has 184 valence electrons. The first kappa shape index (κ1) is 25.1. The second-order valence-electron chi connectivity index (χ2n) is 8.28. The Morgan fingerprint density at radius 2 is 2.03 bits per heavy atom. The number of piperidine rings is 1. The Bertz CT molecular complexity index is 1340. The first-order valence-corrected chi connectivity index (χ1v) is 13.3. The SMILES string of the molecule is CCS(=O)(=O)N1CCC(Nc2ncc(C#N)c(-c3cnn(-c4ccc(CNC)cc4Cl)c3)n2)CC1. The van der Waals surface area contributed by atoms with Gasteiger partial charge in [0.2, 0.25) is 16.0 Å². The number of hydrogen-bond acceptors (Lipinski definition) is 8. The van der Waals surface area contributed by atoms with E-state index in [2.05, 4.69) is 31.8 Å². The predicted octanol–water partition coefficient (Wildman–Crippen LogP) is 2.80. The van der Waals surface area contributed by atoms with Crippen LogP contribution in [0.4, 0.5) is 5.95 Å². The first-order valence-electron chi connectivity index (χ1n) is 11.3. The van der Waals surface area contributed by atoms with Gasteiger partial charge in [0.1, 0.15) is 6.07 Å². The van der Waals surface area contributed by atoms with Gasteiger partial charge in [-0.3, -0.25) is 0 Å². The van der Waals surface area contributed by atoms with Crippen LogP contribution in [0.25, 0.3) is 16.9 Å². The molecule has 3 aromatic rings. The number of sulfonamides is 1. The van der Waals surface area contributed by atoms with E-state index in [0.717, 1.165) is 11.3 Å². The van der Waals surface area contributed by atoms with E-state index in [1.165, 1.54) is 10.5 Å². The summed E-state index contributed by atoms with van der Waals surface area (Å²) in [5.74, 6) is 0.490. The van der Waals surface area contributed by atoms with Gasteiger partial charge in [-0.05, 0) is 44.5 Å². The zero-order chi connectivity index (χ0) is 25.0. The highest BCUT2D eigenvalue weighted by atomic mass is 35.5. The summed E-state index contributed by atoms with van der Waals surface area (Å²) in [7, 11) is -1.31. The van der Waals surface area contributed by atoms with Gasteiger partial charge < -0.3 is 10.6 Å². The van der Waals surface area contributed by atoms with E-state index in [-0.39, 0.29) is 11.8 Å². The third-order valence-corrected chi connectivity index (χ3v) is 8.13. The maximum absolute atomic E-state index is 12.1. The normalized spacial score (nSPS) is 15.1. The van der Waals surface area contributed by atoms with Gasteiger partial charge in [-0.1, -0.05) is 17.7 Å². The van der Waals surface area contributed by atoms with Crippen molar-refractivity contribution in [1.29, 1.82) is 5.26 Å². The average Bonchev–Trinajstić information content (AvgIpc) is 3.34. The van der Waals surface area contributed by atoms with E-state index in [1.54, 1.807) is 24.0 Å². The van der Waals surface area contributed by atoms with E-state index in [4.69, 9.17) is 11.6 Å². The minimum absolute atomic E-state index is 0.0387. The molecule has 10 nitrogen and oxygen atoms in total. The highest BCUT2D eigenvalue weighted by Gasteiger charge is 2.27. The number of rotatable bonds is 8. The fourth-order valence-electron chi connectivity index (χ4n) is 4.02. The molecule has 1 aromatic carbocycles. The summed E-state index contributed by atoms with van der Waals surface area (Å²) in [5, 5.41) is 21.0. The van der Waals surface area contributed by atoms with Crippen LogP contribution in [-0.4, -0.2) is 64.4 Å². The first-order chi connectivity index (χ1) is 16.8. The van der Waals surface area contributed by atoms with Crippen molar-refractivity contribution in [3.8, 4) is 23.0 Å². The molecule has 0 spiro atoms. The van der Waals surface area contributed by atoms with Crippen LogP contribution >= 0.6 is 11.6 Å². The molecule has 3 heterocycles. The molecule has 0 saturated carbocycles. The number of nitrogens with zero attached hydrogens (tertiary/aromatic N) is 6. The Morgan fingerprint density at radius 1 is 1.26 bits per heavy atom. The Morgan fingerprint density at radius 3 is 2.69 bits per heavy atom. The van der Waals surface area contributed by atoms with Crippen molar-refractivity contribution in [2.24, 2.45) is 0 Å². The fourth-order valence-corrected chi connectivity index (χ4v) is 5.45. The average molecular weight is 515 g/mol. The van der Waals surface area contributed by atoms with Gasteiger partial charge >= 0.3 is 0 Å². The summed E-state index contributed by atoms with van der Waals surface area (Å²) in [6, 6.07) is 7.94. The molecule has 0 aliphatic carbocycles. The molecular weight excluding hydrogens is 488 g/mol. The van der Waals surface area contributed by atoms with Crippen molar-refractivity contribution in [3.63, 3.8) is 0 Å².